The zero-order chi connectivity index (χ0) is 17.8. The average Bonchev–Trinajstić information content (AvgIpc) is 3.02. The summed E-state index contributed by atoms with van der Waals surface area (Å²) >= 11 is 12.0. The smallest absolute Gasteiger partial charge is 0.241 e. The largest absolute Gasteiger partial charge is 0.325 e. The van der Waals surface area contributed by atoms with Gasteiger partial charge in [0.15, 0.2) is 0 Å². The molecule has 0 saturated carbocycles. The van der Waals surface area contributed by atoms with Gasteiger partial charge in [-0.3, -0.25) is 9.69 Å². The average molecular weight is 374 g/mol. The number of benzene rings is 2. The zero-order valence-corrected chi connectivity index (χ0v) is 15.0. The third-order valence-electron chi connectivity index (χ3n) is 4.31. The van der Waals surface area contributed by atoms with Crippen molar-refractivity contribution in [1.29, 1.82) is 5.26 Å². The van der Waals surface area contributed by atoms with Gasteiger partial charge in [-0.05, 0) is 49.2 Å². The molecule has 128 valence electrons. The number of amides is 1. The molecule has 0 aliphatic carbocycles. The molecule has 0 bridgehead atoms. The lowest BCUT2D eigenvalue weighted by atomic mass is 10.1. The standard InChI is InChI=1S/C19H17Cl2N3O/c20-15-8-16(21)10-17(9-15)23-19(25)18-6-3-7-24(18)12-14-5-2-1-4-13(14)11-22/h1-2,4-5,8-10,18H,3,6-7,12H2,(H,23,25). The molecule has 1 amide bonds. The maximum Gasteiger partial charge on any atom is 0.241 e. The molecule has 3 rings (SSSR count). The summed E-state index contributed by atoms with van der Waals surface area (Å²) < 4.78 is 0. The predicted octanol–water partition coefficient (Wildman–Crippen LogP) is 4.47. The predicted molar refractivity (Wildman–Crippen MR) is 99.7 cm³/mol. The zero-order valence-electron chi connectivity index (χ0n) is 13.5. The summed E-state index contributed by atoms with van der Waals surface area (Å²) in [6.45, 7) is 1.41. The maximum atomic E-state index is 12.7. The molecule has 6 heteroatoms. The highest BCUT2D eigenvalue weighted by atomic mass is 35.5. The van der Waals surface area contributed by atoms with Crippen LogP contribution in [0.2, 0.25) is 10.0 Å². The lowest BCUT2D eigenvalue weighted by Gasteiger charge is -2.24. The van der Waals surface area contributed by atoms with Crippen LogP contribution in [-0.2, 0) is 11.3 Å². The van der Waals surface area contributed by atoms with E-state index in [1.807, 2.05) is 18.2 Å². The van der Waals surface area contributed by atoms with E-state index >= 15 is 0 Å². The molecule has 1 N–H and O–H groups in total. The highest BCUT2D eigenvalue weighted by Crippen LogP contribution is 2.25. The Hall–Kier alpha value is -2.06. The minimum absolute atomic E-state index is 0.0785. The fraction of sp³-hybridized carbons (Fsp3) is 0.263. The Balaban J connectivity index is 1.72. The van der Waals surface area contributed by atoms with Crippen molar-refractivity contribution in [1.82, 2.24) is 4.90 Å². The SMILES string of the molecule is N#Cc1ccccc1CN1CCCC1C(=O)Nc1cc(Cl)cc(Cl)c1. The number of anilines is 1. The monoisotopic (exact) mass is 373 g/mol. The Morgan fingerprint density at radius 2 is 1.96 bits per heavy atom. The molecule has 1 fully saturated rings. The number of nitriles is 1. The minimum atomic E-state index is -0.232. The van der Waals surface area contributed by atoms with Gasteiger partial charge in [-0.15, -0.1) is 0 Å². The molecule has 2 aromatic rings. The van der Waals surface area contributed by atoms with E-state index < -0.39 is 0 Å². The number of hydrogen-bond donors (Lipinski definition) is 1. The van der Waals surface area contributed by atoms with E-state index in [2.05, 4.69) is 16.3 Å². The number of carbonyl (C=O) groups excluding carboxylic acids is 1. The topological polar surface area (TPSA) is 56.1 Å². The normalized spacial score (nSPS) is 17.2. The summed E-state index contributed by atoms with van der Waals surface area (Å²) in [5.41, 5.74) is 2.18. The first kappa shape index (κ1) is 17.8. The van der Waals surface area contributed by atoms with E-state index in [9.17, 15) is 10.1 Å². The Bertz CT molecular complexity index is 811. The van der Waals surface area contributed by atoms with Gasteiger partial charge in [0.2, 0.25) is 5.91 Å². The van der Waals surface area contributed by atoms with E-state index in [1.165, 1.54) is 0 Å². The van der Waals surface area contributed by atoms with E-state index in [-0.39, 0.29) is 11.9 Å². The van der Waals surface area contributed by atoms with Crippen LogP contribution < -0.4 is 5.32 Å². The van der Waals surface area contributed by atoms with Crippen molar-refractivity contribution in [3.63, 3.8) is 0 Å². The molecule has 25 heavy (non-hydrogen) atoms. The van der Waals surface area contributed by atoms with Gasteiger partial charge in [-0.25, -0.2) is 0 Å². The molecule has 1 heterocycles. The third-order valence-corrected chi connectivity index (χ3v) is 4.74. The van der Waals surface area contributed by atoms with E-state index in [0.29, 0.717) is 27.8 Å². The summed E-state index contributed by atoms with van der Waals surface area (Å²) in [4.78, 5) is 14.8. The van der Waals surface area contributed by atoms with Gasteiger partial charge in [-0.1, -0.05) is 41.4 Å². The van der Waals surface area contributed by atoms with Gasteiger partial charge in [0.25, 0.3) is 0 Å². The van der Waals surface area contributed by atoms with E-state index in [4.69, 9.17) is 23.2 Å². The molecule has 1 aliphatic rings. The van der Waals surface area contributed by atoms with Crippen molar-refractivity contribution in [2.75, 3.05) is 11.9 Å². The van der Waals surface area contributed by atoms with E-state index in [1.54, 1.807) is 24.3 Å². The van der Waals surface area contributed by atoms with Crippen LogP contribution in [0.3, 0.4) is 0 Å². The molecular weight excluding hydrogens is 357 g/mol. The number of carbonyl (C=O) groups is 1. The minimum Gasteiger partial charge on any atom is -0.325 e. The van der Waals surface area contributed by atoms with Crippen LogP contribution in [0.1, 0.15) is 24.0 Å². The van der Waals surface area contributed by atoms with E-state index in [0.717, 1.165) is 24.9 Å². The molecule has 2 aromatic carbocycles. The molecule has 1 saturated heterocycles. The Labute approximate surface area is 157 Å². The lowest BCUT2D eigenvalue weighted by molar-refractivity contribution is -0.120. The van der Waals surface area contributed by atoms with Gasteiger partial charge in [-0.2, -0.15) is 5.26 Å². The number of hydrogen-bond acceptors (Lipinski definition) is 3. The second-order valence-electron chi connectivity index (χ2n) is 6.04. The Kier molecular flexibility index (Phi) is 5.60. The fourth-order valence-corrected chi connectivity index (χ4v) is 3.68. The number of likely N-dealkylation sites (tertiary alicyclic amines) is 1. The second-order valence-corrected chi connectivity index (χ2v) is 6.92. The van der Waals surface area contributed by atoms with Crippen molar-refractivity contribution in [3.05, 3.63) is 63.6 Å². The van der Waals surface area contributed by atoms with Gasteiger partial charge in [0.1, 0.15) is 0 Å². The van der Waals surface area contributed by atoms with Crippen LogP contribution in [0.5, 0.6) is 0 Å². The number of rotatable bonds is 4. The highest BCUT2D eigenvalue weighted by molar-refractivity contribution is 6.35. The quantitative estimate of drug-likeness (QED) is 0.859. The van der Waals surface area contributed by atoms with Gasteiger partial charge >= 0.3 is 0 Å². The lowest BCUT2D eigenvalue weighted by Crippen LogP contribution is -2.39. The van der Waals surface area contributed by atoms with Crippen LogP contribution in [0.15, 0.2) is 42.5 Å². The summed E-state index contributed by atoms with van der Waals surface area (Å²) in [6, 6.07) is 14.4. The Morgan fingerprint density at radius 1 is 1.24 bits per heavy atom. The third kappa shape index (κ3) is 4.32. The van der Waals surface area contributed by atoms with Crippen molar-refractivity contribution >= 4 is 34.8 Å². The van der Waals surface area contributed by atoms with Crippen LogP contribution in [0.25, 0.3) is 0 Å². The molecular formula is C19H17Cl2N3O. The molecule has 0 aromatic heterocycles. The number of halogens is 2. The first-order valence-electron chi connectivity index (χ1n) is 8.06. The van der Waals surface area contributed by atoms with Crippen molar-refractivity contribution in [2.24, 2.45) is 0 Å². The molecule has 1 atom stereocenters. The fourth-order valence-electron chi connectivity index (χ4n) is 3.15. The summed E-state index contributed by atoms with van der Waals surface area (Å²) in [5.74, 6) is -0.0785. The van der Waals surface area contributed by atoms with Gasteiger partial charge in [0.05, 0.1) is 17.7 Å². The van der Waals surface area contributed by atoms with Crippen molar-refractivity contribution in [2.45, 2.75) is 25.4 Å². The molecule has 1 unspecified atom stereocenters. The molecule has 0 spiro atoms. The second kappa shape index (κ2) is 7.88. The van der Waals surface area contributed by atoms with Gasteiger partial charge in [0, 0.05) is 22.3 Å². The Morgan fingerprint density at radius 3 is 2.68 bits per heavy atom. The highest BCUT2D eigenvalue weighted by Gasteiger charge is 2.31. The summed E-state index contributed by atoms with van der Waals surface area (Å²) in [5, 5.41) is 13.1. The molecule has 0 radical (unpaired) electrons. The first-order chi connectivity index (χ1) is 12.1. The summed E-state index contributed by atoms with van der Waals surface area (Å²) in [7, 11) is 0. The van der Waals surface area contributed by atoms with Crippen molar-refractivity contribution < 1.29 is 4.79 Å². The maximum absolute atomic E-state index is 12.7. The number of nitrogens with zero attached hydrogens (tertiary/aromatic N) is 2. The van der Waals surface area contributed by atoms with Crippen molar-refractivity contribution in [3.8, 4) is 6.07 Å². The van der Waals surface area contributed by atoms with Gasteiger partial charge < -0.3 is 5.32 Å². The summed E-state index contributed by atoms with van der Waals surface area (Å²) in [6.07, 6.45) is 1.73. The molecule has 4 nitrogen and oxygen atoms in total. The van der Waals surface area contributed by atoms with Crippen LogP contribution in [0, 0.1) is 11.3 Å². The number of nitrogens with one attached hydrogen (secondary N) is 1. The van der Waals surface area contributed by atoms with Crippen LogP contribution in [-0.4, -0.2) is 23.4 Å². The van der Waals surface area contributed by atoms with Crippen LogP contribution in [0.4, 0.5) is 5.69 Å². The first-order valence-corrected chi connectivity index (χ1v) is 8.81. The van der Waals surface area contributed by atoms with Crippen LogP contribution >= 0.6 is 23.2 Å². The molecule has 1 aliphatic heterocycles.